The molecule has 0 radical (unpaired) electrons. The Labute approximate surface area is 130 Å². The molecule has 21 heavy (non-hydrogen) atoms. The molecule has 1 aliphatic rings. The van der Waals surface area contributed by atoms with E-state index in [1.54, 1.807) is 24.3 Å². The van der Waals surface area contributed by atoms with Gasteiger partial charge in [-0.2, -0.15) is 0 Å². The lowest BCUT2D eigenvalue weighted by Gasteiger charge is -2.27. The van der Waals surface area contributed by atoms with Gasteiger partial charge in [0.15, 0.2) is 0 Å². The number of carbonyl (C=O) groups excluding carboxylic acids is 1. The van der Waals surface area contributed by atoms with E-state index in [0.29, 0.717) is 22.4 Å². The molecule has 1 fully saturated rings. The van der Waals surface area contributed by atoms with Gasteiger partial charge in [-0.25, -0.2) is 4.79 Å². The Hall–Kier alpha value is -1.61. The molecule has 3 nitrogen and oxygen atoms in total. The summed E-state index contributed by atoms with van der Waals surface area (Å²) in [5.41, 5.74) is 2.55. The van der Waals surface area contributed by atoms with Gasteiger partial charge in [-0.05, 0) is 62.3 Å². The number of allylic oxidation sites excluding steroid dienone is 1. The zero-order chi connectivity index (χ0) is 15.4. The Kier molecular flexibility index (Phi) is 5.18. The first-order valence-corrected chi connectivity index (χ1v) is 7.54. The minimum atomic E-state index is -0.455. The number of carbonyl (C=O) groups is 1. The van der Waals surface area contributed by atoms with Crippen molar-refractivity contribution in [2.75, 3.05) is 0 Å². The summed E-state index contributed by atoms with van der Waals surface area (Å²) in [5, 5.41) is 4.67. The second kappa shape index (κ2) is 6.90. The fraction of sp³-hybridized carbons (Fsp3) is 0.412. The molecule has 0 bridgehead atoms. The molecule has 4 heteroatoms. The molecule has 1 aromatic rings. The van der Waals surface area contributed by atoms with E-state index in [4.69, 9.17) is 16.4 Å². The number of hydrogen-bond acceptors (Lipinski definition) is 3. The third kappa shape index (κ3) is 4.18. The number of oxime groups is 1. The summed E-state index contributed by atoms with van der Waals surface area (Å²) < 4.78 is 0. The molecular formula is C17H20ClNO2. The summed E-state index contributed by atoms with van der Waals surface area (Å²) in [7, 11) is 0. The number of halogens is 1. The lowest BCUT2D eigenvalue weighted by atomic mass is 9.79. The molecule has 1 aromatic carbocycles. The van der Waals surface area contributed by atoms with E-state index in [1.807, 2.05) is 6.92 Å². The van der Waals surface area contributed by atoms with Gasteiger partial charge in [-0.15, -0.1) is 0 Å². The average molecular weight is 306 g/mol. The quantitative estimate of drug-likeness (QED) is 0.454. The second-order valence-electron chi connectivity index (χ2n) is 5.69. The number of benzene rings is 1. The minimum absolute atomic E-state index is 0.346. The third-order valence-electron chi connectivity index (χ3n) is 4.00. The largest absolute Gasteiger partial charge is 0.365 e. The van der Waals surface area contributed by atoms with Gasteiger partial charge >= 0.3 is 5.97 Å². The van der Waals surface area contributed by atoms with Crippen LogP contribution in [0.25, 0.3) is 0 Å². The lowest BCUT2D eigenvalue weighted by molar-refractivity contribution is 0.0511. The summed E-state index contributed by atoms with van der Waals surface area (Å²) in [6, 6.07) is 6.58. The maximum atomic E-state index is 11.9. The van der Waals surface area contributed by atoms with Crippen molar-refractivity contribution in [3.05, 3.63) is 47.0 Å². The van der Waals surface area contributed by atoms with Crippen molar-refractivity contribution < 1.29 is 9.63 Å². The average Bonchev–Trinajstić information content (AvgIpc) is 2.46. The molecule has 0 spiro atoms. The summed E-state index contributed by atoms with van der Waals surface area (Å²) in [6.45, 7) is 8.17. The van der Waals surface area contributed by atoms with Crippen LogP contribution in [-0.2, 0) is 4.84 Å². The van der Waals surface area contributed by atoms with E-state index in [1.165, 1.54) is 5.57 Å². The van der Waals surface area contributed by atoms with Gasteiger partial charge in [-0.3, -0.25) is 0 Å². The van der Waals surface area contributed by atoms with Crippen LogP contribution in [0, 0.1) is 11.8 Å². The monoisotopic (exact) mass is 305 g/mol. The van der Waals surface area contributed by atoms with Crippen molar-refractivity contribution in [3.8, 4) is 0 Å². The number of nitrogens with zero attached hydrogens (tertiary/aromatic N) is 1. The molecule has 0 heterocycles. The normalized spacial score (nSPS) is 23.9. The van der Waals surface area contributed by atoms with Crippen LogP contribution in [-0.4, -0.2) is 11.7 Å². The molecular weight excluding hydrogens is 286 g/mol. The Bertz CT molecular complexity index is 563. The summed E-state index contributed by atoms with van der Waals surface area (Å²) in [5.74, 6) is 0.330. The van der Waals surface area contributed by atoms with E-state index in [9.17, 15) is 4.79 Å². The van der Waals surface area contributed by atoms with Crippen LogP contribution in [0.5, 0.6) is 0 Å². The van der Waals surface area contributed by atoms with Gasteiger partial charge in [0.25, 0.3) is 0 Å². The van der Waals surface area contributed by atoms with Crippen molar-refractivity contribution in [3.63, 3.8) is 0 Å². The smallest absolute Gasteiger partial charge is 0.313 e. The molecule has 1 saturated carbocycles. The van der Waals surface area contributed by atoms with E-state index >= 15 is 0 Å². The van der Waals surface area contributed by atoms with Gasteiger partial charge in [0.05, 0.1) is 11.3 Å². The van der Waals surface area contributed by atoms with Crippen LogP contribution >= 0.6 is 11.6 Å². The van der Waals surface area contributed by atoms with Gasteiger partial charge < -0.3 is 4.84 Å². The highest BCUT2D eigenvalue weighted by Gasteiger charge is 2.25. The van der Waals surface area contributed by atoms with Crippen molar-refractivity contribution >= 4 is 23.3 Å². The fourth-order valence-corrected chi connectivity index (χ4v) is 2.59. The first-order chi connectivity index (χ1) is 9.97. The van der Waals surface area contributed by atoms with Crippen LogP contribution < -0.4 is 0 Å². The minimum Gasteiger partial charge on any atom is -0.313 e. The van der Waals surface area contributed by atoms with E-state index < -0.39 is 5.97 Å². The maximum absolute atomic E-state index is 11.9. The van der Waals surface area contributed by atoms with Crippen molar-refractivity contribution in [2.24, 2.45) is 17.0 Å². The highest BCUT2D eigenvalue weighted by atomic mass is 35.5. The fourth-order valence-electron chi connectivity index (χ4n) is 2.46. The first-order valence-electron chi connectivity index (χ1n) is 7.16. The molecule has 2 rings (SSSR count). The molecule has 0 aromatic heterocycles. The summed E-state index contributed by atoms with van der Waals surface area (Å²) in [4.78, 5) is 17.0. The molecule has 1 aliphatic carbocycles. The van der Waals surface area contributed by atoms with Crippen molar-refractivity contribution in [1.29, 1.82) is 0 Å². The number of hydrogen-bond donors (Lipinski definition) is 0. The topological polar surface area (TPSA) is 38.7 Å². The molecule has 2 unspecified atom stereocenters. The molecule has 0 saturated heterocycles. The zero-order valence-corrected chi connectivity index (χ0v) is 13.2. The van der Waals surface area contributed by atoms with E-state index in [0.717, 1.165) is 25.0 Å². The van der Waals surface area contributed by atoms with Crippen LogP contribution in [0.1, 0.15) is 43.5 Å². The first kappa shape index (κ1) is 15.8. The molecule has 0 amide bonds. The molecule has 112 valence electrons. The molecule has 0 aliphatic heterocycles. The summed E-state index contributed by atoms with van der Waals surface area (Å²) in [6.07, 6.45) is 3.00. The Morgan fingerprint density at radius 2 is 2.00 bits per heavy atom. The van der Waals surface area contributed by atoms with Crippen LogP contribution in [0.3, 0.4) is 0 Å². The van der Waals surface area contributed by atoms with Gasteiger partial charge in [0, 0.05) is 5.02 Å². The van der Waals surface area contributed by atoms with Gasteiger partial charge in [0.2, 0.25) is 0 Å². The Morgan fingerprint density at radius 1 is 1.33 bits per heavy atom. The zero-order valence-electron chi connectivity index (χ0n) is 12.4. The summed E-state index contributed by atoms with van der Waals surface area (Å²) >= 11 is 5.79. The van der Waals surface area contributed by atoms with Crippen LogP contribution in [0.4, 0.5) is 0 Å². The van der Waals surface area contributed by atoms with Crippen molar-refractivity contribution in [2.45, 2.75) is 33.1 Å². The number of rotatable bonds is 3. The van der Waals surface area contributed by atoms with Crippen LogP contribution in [0.2, 0.25) is 5.02 Å². The highest BCUT2D eigenvalue weighted by Crippen LogP contribution is 2.30. The van der Waals surface area contributed by atoms with Gasteiger partial charge in [0.1, 0.15) is 0 Å². The Morgan fingerprint density at radius 3 is 2.62 bits per heavy atom. The SMILES string of the molecule is C=C(C)C1CCC(C)/C(=N/OC(=O)c2ccc(Cl)cc2)C1. The standard InChI is InChI=1S/C17H20ClNO2/c1-11(2)14-5-4-12(3)16(10-14)19-21-17(20)13-6-8-15(18)9-7-13/h6-9,12,14H,1,4-5,10H2,2-3H3/b19-16+. The van der Waals surface area contributed by atoms with E-state index in [-0.39, 0.29) is 0 Å². The van der Waals surface area contributed by atoms with Crippen molar-refractivity contribution in [1.82, 2.24) is 0 Å². The predicted molar refractivity (Wildman–Crippen MR) is 85.6 cm³/mol. The highest BCUT2D eigenvalue weighted by molar-refractivity contribution is 6.30. The maximum Gasteiger partial charge on any atom is 0.365 e. The lowest BCUT2D eigenvalue weighted by Crippen LogP contribution is -2.24. The van der Waals surface area contributed by atoms with E-state index in [2.05, 4.69) is 18.7 Å². The van der Waals surface area contributed by atoms with Gasteiger partial charge in [-0.1, -0.05) is 35.8 Å². The second-order valence-corrected chi connectivity index (χ2v) is 6.13. The Balaban J connectivity index is 2.03. The third-order valence-corrected chi connectivity index (χ3v) is 4.25. The predicted octanol–water partition coefficient (Wildman–Crippen LogP) is 4.87. The molecule has 0 N–H and O–H groups in total. The van der Waals surface area contributed by atoms with Crippen LogP contribution in [0.15, 0.2) is 41.6 Å². The molecule has 2 atom stereocenters.